The van der Waals surface area contributed by atoms with Crippen LogP contribution in [-0.4, -0.2) is 17.6 Å². The molecule has 1 amide bonds. The molecule has 0 unspecified atom stereocenters. The van der Waals surface area contributed by atoms with Crippen LogP contribution in [0, 0.1) is 11.7 Å². The number of halogens is 1. The van der Waals surface area contributed by atoms with E-state index in [2.05, 4.69) is 10.5 Å². The van der Waals surface area contributed by atoms with E-state index in [1.54, 1.807) is 18.2 Å². The predicted molar refractivity (Wildman–Crippen MR) is 89.8 cm³/mol. The molecule has 1 fully saturated rings. The van der Waals surface area contributed by atoms with Crippen molar-refractivity contribution in [2.45, 2.75) is 44.9 Å². The highest BCUT2D eigenvalue weighted by Crippen LogP contribution is 2.26. The summed E-state index contributed by atoms with van der Waals surface area (Å²) in [5, 5.41) is 6.92. The van der Waals surface area contributed by atoms with E-state index in [1.165, 1.54) is 44.4 Å². The van der Waals surface area contributed by atoms with Gasteiger partial charge in [0.2, 0.25) is 5.91 Å². The standard InChI is InChI=1S/C19H23FN2O2/c20-17-9-5-4-8-16(17)19-15(13-24-22-19)10-11-18(23)21-12-14-6-2-1-3-7-14/h4-5,8-9,13-14H,1-3,6-7,10-12H2,(H,21,23). The van der Waals surface area contributed by atoms with Gasteiger partial charge in [-0.05, 0) is 37.3 Å². The Morgan fingerprint density at radius 2 is 2.04 bits per heavy atom. The van der Waals surface area contributed by atoms with Crippen LogP contribution in [0.3, 0.4) is 0 Å². The maximum absolute atomic E-state index is 13.9. The number of aromatic nitrogens is 1. The molecule has 1 aliphatic carbocycles. The summed E-state index contributed by atoms with van der Waals surface area (Å²) in [5.74, 6) is 0.308. The Balaban J connectivity index is 1.53. The third-order valence-electron chi connectivity index (χ3n) is 4.71. The van der Waals surface area contributed by atoms with Crippen molar-refractivity contribution >= 4 is 5.91 Å². The molecule has 128 valence electrons. The Hall–Kier alpha value is -2.17. The predicted octanol–water partition coefficient (Wildman–Crippen LogP) is 4.11. The molecule has 3 rings (SSSR count). The molecular weight excluding hydrogens is 307 g/mol. The number of nitrogens with zero attached hydrogens (tertiary/aromatic N) is 1. The number of amides is 1. The Morgan fingerprint density at radius 3 is 2.83 bits per heavy atom. The molecule has 0 aliphatic heterocycles. The van der Waals surface area contributed by atoms with E-state index in [0.717, 1.165) is 12.1 Å². The molecule has 1 heterocycles. The van der Waals surface area contributed by atoms with Crippen molar-refractivity contribution in [2.24, 2.45) is 5.92 Å². The highest BCUT2D eigenvalue weighted by atomic mass is 19.1. The van der Waals surface area contributed by atoms with Gasteiger partial charge in [-0.3, -0.25) is 4.79 Å². The van der Waals surface area contributed by atoms with Crippen molar-refractivity contribution in [3.63, 3.8) is 0 Å². The quantitative estimate of drug-likeness (QED) is 0.867. The molecule has 0 saturated heterocycles. The van der Waals surface area contributed by atoms with Crippen molar-refractivity contribution in [3.05, 3.63) is 41.9 Å². The Bertz CT molecular complexity index is 678. The van der Waals surface area contributed by atoms with Crippen LogP contribution in [0.4, 0.5) is 4.39 Å². The maximum atomic E-state index is 13.9. The normalized spacial score (nSPS) is 15.4. The van der Waals surface area contributed by atoms with Crippen LogP contribution < -0.4 is 5.32 Å². The summed E-state index contributed by atoms with van der Waals surface area (Å²) in [6.07, 6.45) is 8.62. The molecule has 1 aromatic heterocycles. The second kappa shape index (κ2) is 8.08. The van der Waals surface area contributed by atoms with Gasteiger partial charge in [0.05, 0.1) is 0 Å². The molecule has 1 aromatic carbocycles. The van der Waals surface area contributed by atoms with Gasteiger partial charge in [-0.15, -0.1) is 0 Å². The zero-order chi connectivity index (χ0) is 16.8. The first-order valence-electron chi connectivity index (χ1n) is 8.69. The molecule has 1 saturated carbocycles. The van der Waals surface area contributed by atoms with Gasteiger partial charge in [0, 0.05) is 24.1 Å². The fraction of sp³-hybridized carbons (Fsp3) is 0.474. The maximum Gasteiger partial charge on any atom is 0.220 e. The Morgan fingerprint density at radius 1 is 1.25 bits per heavy atom. The zero-order valence-corrected chi connectivity index (χ0v) is 13.8. The highest BCUT2D eigenvalue weighted by molar-refractivity contribution is 5.76. The van der Waals surface area contributed by atoms with E-state index < -0.39 is 0 Å². The van der Waals surface area contributed by atoms with Crippen LogP contribution >= 0.6 is 0 Å². The smallest absolute Gasteiger partial charge is 0.220 e. The van der Waals surface area contributed by atoms with E-state index in [1.807, 2.05) is 0 Å². The summed E-state index contributed by atoms with van der Waals surface area (Å²) in [6.45, 7) is 0.767. The van der Waals surface area contributed by atoms with E-state index in [-0.39, 0.29) is 11.7 Å². The van der Waals surface area contributed by atoms with Gasteiger partial charge in [-0.1, -0.05) is 36.6 Å². The van der Waals surface area contributed by atoms with Gasteiger partial charge < -0.3 is 9.84 Å². The molecule has 0 spiro atoms. The van der Waals surface area contributed by atoms with Crippen molar-refractivity contribution in [1.29, 1.82) is 0 Å². The molecule has 1 aliphatic rings. The van der Waals surface area contributed by atoms with Gasteiger partial charge in [-0.25, -0.2) is 4.39 Å². The minimum absolute atomic E-state index is 0.0289. The SMILES string of the molecule is O=C(CCc1conc1-c1ccccc1F)NCC1CCCCC1. The summed E-state index contributed by atoms with van der Waals surface area (Å²) in [5.41, 5.74) is 1.64. The fourth-order valence-electron chi connectivity index (χ4n) is 3.30. The first kappa shape index (κ1) is 16.7. The second-order valence-electron chi connectivity index (χ2n) is 6.48. The molecule has 0 bridgehead atoms. The lowest BCUT2D eigenvalue weighted by Gasteiger charge is -2.21. The molecule has 0 radical (unpaired) electrons. The number of aryl methyl sites for hydroxylation is 1. The van der Waals surface area contributed by atoms with Crippen molar-refractivity contribution in [1.82, 2.24) is 10.5 Å². The summed E-state index contributed by atoms with van der Waals surface area (Å²) in [6, 6.07) is 6.45. The van der Waals surface area contributed by atoms with Crippen molar-refractivity contribution < 1.29 is 13.7 Å². The summed E-state index contributed by atoms with van der Waals surface area (Å²) < 4.78 is 18.9. The van der Waals surface area contributed by atoms with Crippen molar-refractivity contribution in [3.8, 4) is 11.3 Å². The van der Waals surface area contributed by atoms with E-state index in [4.69, 9.17) is 4.52 Å². The second-order valence-corrected chi connectivity index (χ2v) is 6.48. The van der Waals surface area contributed by atoms with Crippen LogP contribution in [0.2, 0.25) is 0 Å². The molecule has 0 atom stereocenters. The fourth-order valence-corrected chi connectivity index (χ4v) is 3.30. The van der Waals surface area contributed by atoms with Gasteiger partial charge in [0.15, 0.2) is 0 Å². The van der Waals surface area contributed by atoms with Crippen LogP contribution in [-0.2, 0) is 11.2 Å². The summed E-state index contributed by atoms with van der Waals surface area (Å²) >= 11 is 0. The van der Waals surface area contributed by atoms with Crippen molar-refractivity contribution in [2.75, 3.05) is 6.54 Å². The summed E-state index contributed by atoms with van der Waals surface area (Å²) in [4.78, 5) is 12.1. The van der Waals surface area contributed by atoms with Crippen LogP contribution in [0.25, 0.3) is 11.3 Å². The third kappa shape index (κ3) is 4.22. The van der Waals surface area contributed by atoms with E-state index in [0.29, 0.717) is 30.0 Å². The Labute approximate surface area is 141 Å². The third-order valence-corrected chi connectivity index (χ3v) is 4.71. The minimum atomic E-state index is -0.339. The molecule has 24 heavy (non-hydrogen) atoms. The first-order valence-corrected chi connectivity index (χ1v) is 8.69. The monoisotopic (exact) mass is 330 g/mol. The molecule has 4 nitrogen and oxygen atoms in total. The van der Waals surface area contributed by atoms with E-state index in [9.17, 15) is 9.18 Å². The number of nitrogens with one attached hydrogen (secondary N) is 1. The number of benzene rings is 1. The minimum Gasteiger partial charge on any atom is -0.364 e. The molecular formula is C19H23FN2O2. The average Bonchev–Trinajstić information content (AvgIpc) is 3.08. The number of carbonyl (C=O) groups is 1. The average molecular weight is 330 g/mol. The zero-order valence-electron chi connectivity index (χ0n) is 13.8. The van der Waals surface area contributed by atoms with Gasteiger partial charge in [-0.2, -0.15) is 0 Å². The number of rotatable bonds is 6. The van der Waals surface area contributed by atoms with Gasteiger partial charge >= 0.3 is 0 Å². The lowest BCUT2D eigenvalue weighted by molar-refractivity contribution is -0.121. The van der Waals surface area contributed by atoms with Gasteiger partial charge in [0.25, 0.3) is 0 Å². The lowest BCUT2D eigenvalue weighted by Crippen LogP contribution is -2.30. The number of hydrogen-bond acceptors (Lipinski definition) is 3. The molecule has 5 heteroatoms. The summed E-state index contributed by atoms with van der Waals surface area (Å²) in [7, 11) is 0. The highest BCUT2D eigenvalue weighted by Gasteiger charge is 2.16. The van der Waals surface area contributed by atoms with Gasteiger partial charge in [0.1, 0.15) is 17.8 Å². The topological polar surface area (TPSA) is 55.1 Å². The first-order chi connectivity index (χ1) is 11.7. The van der Waals surface area contributed by atoms with Crippen LogP contribution in [0.15, 0.2) is 35.1 Å². The lowest BCUT2D eigenvalue weighted by atomic mass is 9.89. The van der Waals surface area contributed by atoms with Crippen LogP contribution in [0.5, 0.6) is 0 Å². The van der Waals surface area contributed by atoms with Crippen LogP contribution in [0.1, 0.15) is 44.1 Å². The molecule has 2 aromatic rings. The largest absolute Gasteiger partial charge is 0.364 e. The number of carbonyl (C=O) groups excluding carboxylic acids is 1. The Kier molecular flexibility index (Phi) is 5.62. The van der Waals surface area contributed by atoms with E-state index >= 15 is 0 Å². The number of hydrogen-bond donors (Lipinski definition) is 1. The molecule has 1 N–H and O–H groups in total.